The van der Waals surface area contributed by atoms with Gasteiger partial charge in [0.05, 0.1) is 11.4 Å². The lowest BCUT2D eigenvalue weighted by atomic mass is 10.0. The minimum Gasteiger partial charge on any atom is -0.311 e. The summed E-state index contributed by atoms with van der Waals surface area (Å²) in [6.45, 7) is 0.714. The first-order valence-corrected chi connectivity index (χ1v) is 9.26. The Balaban J connectivity index is 1.49. The van der Waals surface area contributed by atoms with Crippen LogP contribution in [0, 0.1) is 5.82 Å². The second-order valence-corrected chi connectivity index (χ2v) is 6.86. The van der Waals surface area contributed by atoms with Crippen molar-refractivity contribution in [3.05, 3.63) is 59.9 Å². The Morgan fingerprint density at radius 3 is 2.96 bits per heavy atom. The zero-order chi connectivity index (χ0) is 17.9. The lowest BCUT2D eigenvalue weighted by Crippen LogP contribution is -2.36. The summed E-state index contributed by atoms with van der Waals surface area (Å²) in [5.41, 5.74) is 2.70. The molecule has 132 valence electrons. The number of carbonyl (C=O) groups excluding carboxylic acids is 1. The van der Waals surface area contributed by atoms with Crippen molar-refractivity contribution in [1.82, 2.24) is 20.2 Å². The van der Waals surface area contributed by atoms with E-state index in [1.165, 1.54) is 34.1 Å². The average Bonchev–Trinajstić information content (AvgIpc) is 3.14. The maximum Gasteiger partial charge on any atom is 0.237 e. The van der Waals surface area contributed by atoms with Gasteiger partial charge in [0.1, 0.15) is 5.82 Å². The summed E-state index contributed by atoms with van der Waals surface area (Å²) < 4.78 is 14.9. The first kappa shape index (κ1) is 16.7. The standard InChI is InChI=1S/C18H16FN5OS/c19-14-7-3-8-15(11-14)24-18(20-21-22-24)26-12-17(25)23-10-4-6-13-5-1-2-9-16(13)23/h1-3,5,7-9,11H,4,6,10,12H2. The lowest BCUT2D eigenvalue weighted by molar-refractivity contribution is -0.116. The summed E-state index contributed by atoms with van der Waals surface area (Å²) in [6.07, 6.45) is 1.94. The van der Waals surface area contributed by atoms with E-state index in [1.807, 2.05) is 23.1 Å². The molecule has 8 heteroatoms. The van der Waals surface area contributed by atoms with E-state index in [9.17, 15) is 9.18 Å². The van der Waals surface area contributed by atoms with E-state index in [-0.39, 0.29) is 17.5 Å². The van der Waals surface area contributed by atoms with E-state index in [0.29, 0.717) is 17.4 Å². The van der Waals surface area contributed by atoms with Crippen molar-refractivity contribution in [2.45, 2.75) is 18.0 Å². The molecule has 2 aromatic carbocycles. The number of anilines is 1. The number of tetrazole rings is 1. The highest BCUT2D eigenvalue weighted by atomic mass is 32.2. The normalized spacial score (nSPS) is 13.5. The zero-order valence-electron chi connectivity index (χ0n) is 13.9. The van der Waals surface area contributed by atoms with Crippen LogP contribution in [-0.2, 0) is 11.2 Å². The minimum absolute atomic E-state index is 0.0101. The van der Waals surface area contributed by atoms with Crippen LogP contribution in [0.2, 0.25) is 0 Å². The molecule has 0 fully saturated rings. The molecule has 0 bridgehead atoms. The molecule has 0 N–H and O–H groups in total. The molecular weight excluding hydrogens is 353 g/mol. The third-order valence-corrected chi connectivity index (χ3v) is 5.13. The Kier molecular flexibility index (Phi) is 4.66. The largest absolute Gasteiger partial charge is 0.311 e. The molecule has 0 unspecified atom stereocenters. The summed E-state index contributed by atoms with van der Waals surface area (Å²) >= 11 is 1.24. The van der Waals surface area contributed by atoms with Crippen LogP contribution in [0.25, 0.3) is 5.69 Å². The van der Waals surface area contributed by atoms with Crippen LogP contribution >= 0.6 is 11.8 Å². The number of halogens is 1. The van der Waals surface area contributed by atoms with Crippen molar-refractivity contribution in [1.29, 1.82) is 0 Å². The molecule has 6 nitrogen and oxygen atoms in total. The molecule has 4 rings (SSSR count). The maximum absolute atomic E-state index is 13.4. The minimum atomic E-state index is -0.366. The fraction of sp³-hybridized carbons (Fsp3) is 0.222. The molecule has 0 aliphatic carbocycles. The van der Waals surface area contributed by atoms with Gasteiger partial charge < -0.3 is 4.90 Å². The fourth-order valence-electron chi connectivity index (χ4n) is 3.04. The Morgan fingerprint density at radius 1 is 1.19 bits per heavy atom. The molecule has 0 radical (unpaired) electrons. The molecule has 1 aliphatic heterocycles. The number of nitrogens with zero attached hydrogens (tertiary/aromatic N) is 5. The van der Waals surface area contributed by atoms with Crippen LogP contribution in [-0.4, -0.2) is 38.4 Å². The molecule has 3 aromatic rings. The summed E-state index contributed by atoms with van der Waals surface area (Å²) in [6, 6.07) is 14.0. The molecule has 1 aliphatic rings. The second kappa shape index (κ2) is 7.25. The number of thioether (sulfide) groups is 1. The third kappa shape index (κ3) is 3.32. The fourth-order valence-corrected chi connectivity index (χ4v) is 3.80. The van der Waals surface area contributed by atoms with Crippen molar-refractivity contribution < 1.29 is 9.18 Å². The second-order valence-electron chi connectivity index (χ2n) is 5.92. The molecular formula is C18H16FN5OS. The van der Waals surface area contributed by atoms with Gasteiger partial charge >= 0.3 is 0 Å². The van der Waals surface area contributed by atoms with E-state index < -0.39 is 0 Å². The number of aromatic nitrogens is 4. The molecule has 1 aromatic heterocycles. The number of carbonyl (C=O) groups is 1. The monoisotopic (exact) mass is 369 g/mol. The maximum atomic E-state index is 13.4. The van der Waals surface area contributed by atoms with E-state index >= 15 is 0 Å². The average molecular weight is 369 g/mol. The molecule has 0 saturated carbocycles. The van der Waals surface area contributed by atoms with Crippen molar-refractivity contribution >= 4 is 23.4 Å². The molecule has 2 heterocycles. The highest BCUT2D eigenvalue weighted by Gasteiger charge is 2.23. The van der Waals surface area contributed by atoms with E-state index in [0.717, 1.165) is 18.5 Å². The number of hydrogen-bond acceptors (Lipinski definition) is 5. The van der Waals surface area contributed by atoms with Gasteiger partial charge in [0.2, 0.25) is 11.1 Å². The van der Waals surface area contributed by atoms with Gasteiger partial charge in [-0.15, -0.1) is 5.10 Å². The number of amides is 1. The van der Waals surface area contributed by atoms with Gasteiger partial charge in [0.25, 0.3) is 0 Å². The lowest BCUT2D eigenvalue weighted by Gasteiger charge is -2.29. The summed E-state index contributed by atoms with van der Waals surface area (Å²) in [7, 11) is 0. The number of benzene rings is 2. The number of rotatable bonds is 4. The summed E-state index contributed by atoms with van der Waals surface area (Å²) in [4.78, 5) is 14.5. The first-order chi connectivity index (χ1) is 12.7. The highest BCUT2D eigenvalue weighted by Crippen LogP contribution is 2.28. The highest BCUT2D eigenvalue weighted by molar-refractivity contribution is 7.99. The van der Waals surface area contributed by atoms with Gasteiger partial charge in [0.15, 0.2) is 0 Å². The van der Waals surface area contributed by atoms with Crippen LogP contribution in [0.15, 0.2) is 53.7 Å². The first-order valence-electron chi connectivity index (χ1n) is 8.28. The quantitative estimate of drug-likeness (QED) is 0.662. The number of hydrogen-bond donors (Lipinski definition) is 0. The predicted molar refractivity (Wildman–Crippen MR) is 97.0 cm³/mol. The summed E-state index contributed by atoms with van der Waals surface area (Å²) in [5.74, 6) is -0.143. The number of fused-ring (bicyclic) bond motifs is 1. The molecule has 0 spiro atoms. The smallest absolute Gasteiger partial charge is 0.237 e. The van der Waals surface area contributed by atoms with Gasteiger partial charge in [-0.1, -0.05) is 36.0 Å². The Morgan fingerprint density at radius 2 is 2.08 bits per heavy atom. The molecule has 0 atom stereocenters. The van der Waals surface area contributed by atoms with Crippen LogP contribution < -0.4 is 4.90 Å². The van der Waals surface area contributed by atoms with E-state index in [1.54, 1.807) is 12.1 Å². The van der Waals surface area contributed by atoms with Gasteiger partial charge in [-0.25, -0.2) is 4.39 Å². The van der Waals surface area contributed by atoms with Gasteiger partial charge in [-0.05, 0) is 53.1 Å². The van der Waals surface area contributed by atoms with Crippen molar-refractivity contribution in [3.8, 4) is 5.69 Å². The molecule has 1 amide bonds. The molecule has 0 saturated heterocycles. The number of aryl methyl sites for hydroxylation is 1. The van der Waals surface area contributed by atoms with Crippen LogP contribution in [0.1, 0.15) is 12.0 Å². The van der Waals surface area contributed by atoms with E-state index in [2.05, 4.69) is 21.6 Å². The van der Waals surface area contributed by atoms with Crippen LogP contribution in [0.3, 0.4) is 0 Å². The SMILES string of the molecule is O=C(CSc1nnnn1-c1cccc(F)c1)N1CCCc2ccccc21. The molecule has 26 heavy (non-hydrogen) atoms. The summed E-state index contributed by atoms with van der Waals surface area (Å²) in [5, 5.41) is 12.0. The van der Waals surface area contributed by atoms with Crippen molar-refractivity contribution in [2.75, 3.05) is 17.2 Å². The van der Waals surface area contributed by atoms with Crippen molar-refractivity contribution in [2.24, 2.45) is 0 Å². The third-order valence-electron chi connectivity index (χ3n) is 4.23. The van der Waals surface area contributed by atoms with Gasteiger partial charge in [0, 0.05) is 12.2 Å². The van der Waals surface area contributed by atoms with Crippen LogP contribution in [0.5, 0.6) is 0 Å². The van der Waals surface area contributed by atoms with Crippen LogP contribution in [0.4, 0.5) is 10.1 Å². The van der Waals surface area contributed by atoms with Crippen molar-refractivity contribution in [3.63, 3.8) is 0 Å². The Bertz CT molecular complexity index is 945. The topological polar surface area (TPSA) is 63.9 Å². The Labute approximate surface area is 154 Å². The zero-order valence-corrected chi connectivity index (χ0v) is 14.7. The van der Waals surface area contributed by atoms with Gasteiger partial charge in [-0.2, -0.15) is 4.68 Å². The van der Waals surface area contributed by atoms with E-state index in [4.69, 9.17) is 0 Å². The number of para-hydroxylation sites is 1. The van der Waals surface area contributed by atoms with Gasteiger partial charge in [-0.3, -0.25) is 4.79 Å². The predicted octanol–water partition coefficient (Wildman–Crippen LogP) is 2.87. The Hall–Kier alpha value is -2.74.